The zero-order valence-electron chi connectivity index (χ0n) is 16.2. The number of hydrogen-bond donors (Lipinski definition) is 0. The molecule has 2 heterocycles. The van der Waals surface area contributed by atoms with Crippen LogP contribution >= 0.6 is 0 Å². The van der Waals surface area contributed by atoms with Gasteiger partial charge in [-0.05, 0) is 42.5 Å². The summed E-state index contributed by atoms with van der Waals surface area (Å²) in [6, 6.07) is 13.3. The van der Waals surface area contributed by atoms with Gasteiger partial charge in [-0.15, -0.1) is 0 Å². The molecule has 1 amide bonds. The number of rotatable bonds is 4. The molecule has 150 valence electrons. The number of fused-ring (bicyclic) bond motifs is 1. The molecule has 6 nitrogen and oxygen atoms in total. The van der Waals surface area contributed by atoms with Crippen molar-refractivity contribution in [1.29, 1.82) is 0 Å². The largest absolute Gasteiger partial charge is 0.497 e. The predicted molar refractivity (Wildman–Crippen MR) is 110 cm³/mol. The van der Waals surface area contributed by atoms with Gasteiger partial charge < -0.3 is 19.1 Å². The molecule has 0 spiro atoms. The average Bonchev–Trinajstić information content (AvgIpc) is 2.76. The number of carbonyl (C=O) groups is 1. The topological polar surface area (TPSA) is 54.8 Å². The van der Waals surface area contributed by atoms with E-state index in [1.54, 1.807) is 23.9 Å². The lowest BCUT2D eigenvalue weighted by atomic mass is 10.2. The molecule has 0 radical (unpaired) electrons. The number of ether oxygens (including phenoxy) is 1. The molecule has 1 saturated heterocycles. The number of hydrogen-bond acceptors (Lipinski definition) is 4. The standard InChI is InChI=1S/C22H22FN3O3/c1-29-18-5-3-17(4-6-18)24-10-12-25(13-11-24)22(28)15-26-9-8-21(27)19-14-16(23)2-7-20(19)26/h2-9,14H,10-13,15H2,1H3. The Balaban J connectivity index is 1.43. The zero-order chi connectivity index (χ0) is 20.4. The summed E-state index contributed by atoms with van der Waals surface area (Å²) in [6.45, 7) is 2.85. The summed E-state index contributed by atoms with van der Waals surface area (Å²) in [6.07, 6.45) is 1.59. The number of anilines is 1. The second-order valence-corrected chi connectivity index (χ2v) is 7.04. The molecule has 1 aliphatic rings. The summed E-state index contributed by atoms with van der Waals surface area (Å²) in [7, 11) is 1.64. The maximum Gasteiger partial charge on any atom is 0.242 e. The molecule has 29 heavy (non-hydrogen) atoms. The van der Waals surface area contributed by atoms with Gasteiger partial charge in [-0.25, -0.2) is 4.39 Å². The van der Waals surface area contributed by atoms with Crippen molar-refractivity contribution in [2.24, 2.45) is 0 Å². The van der Waals surface area contributed by atoms with Gasteiger partial charge in [0, 0.05) is 49.5 Å². The highest BCUT2D eigenvalue weighted by Crippen LogP contribution is 2.21. The van der Waals surface area contributed by atoms with E-state index in [4.69, 9.17) is 4.74 Å². The first-order chi connectivity index (χ1) is 14.0. The Morgan fingerprint density at radius 1 is 1.03 bits per heavy atom. The van der Waals surface area contributed by atoms with Crippen LogP contribution in [0.4, 0.5) is 10.1 Å². The van der Waals surface area contributed by atoms with Crippen molar-refractivity contribution in [3.8, 4) is 5.75 Å². The molecule has 2 aromatic carbocycles. The van der Waals surface area contributed by atoms with Crippen molar-refractivity contribution in [3.63, 3.8) is 0 Å². The van der Waals surface area contributed by atoms with Crippen molar-refractivity contribution < 1.29 is 13.9 Å². The van der Waals surface area contributed by atoms with Crippen LogP contribution in [0.25, 0.3) is 10.9 Å². The van der Waals surface area contributed by atoms with Gasteiger partial charge in [0.2, 0.25) is 5.91 Å². The lowest BCUT2D eigenvalue weighted by molar-refractivity contribution is -0.132. The van der Waals surface area contributed by atoms with E-state index in [0.717, 1.165) is 24.5 Å². The monoisotopic (exact) mass is 395 g/mol. The first kappa shape index (κ1) is 19.0. The van der Waals surface area contributed by atoms with Gasteiger partial charge in [0.15, 0.2) is 5.43 Å². The van der Waals surface area contributed by atoms with E-state index in [0.29, 0.717) is 18.6 Å². The third-order valence-corrected chi connectivity index (χ3v) is 5.31. The smallest absolute Gasteiger partial charge is 0.242 e. The fourth-order valence-electron chi connectivity index (χ4n) is 3.67. The molecule has 1 aromatic heterocycles. The van der Waals surface area contributed by atoms with Crippen molar-refractivity contribution >= 4 is 22.5 Å². The molecule has 1 aliphatic heterocycles. The fourth-order valence-corrected chi connectivity index (χ4v) is 3.67. The quantitative estimate of drug-likeness (QED) is 0.681. The molecule has 0 N–H and O–H groups in total. The Hall–Kier alpha value is -3.35. The van der Waals surface area contributed by atoms with E-state index >= 15 is 0 Å². The summed E-state index contributed by atoms with van der Waals surface area (Å²) in [4.78, 5) is 28.9. The van der Waals surface area contributed by atoms with Gasteiger partial charge >= 0.3 is 0 Å². The Bertz CT molecular complexity index is 1090. The van der Waals surface area contributed by atoms with Crippen LogP contribution in [0.3, 0.4) is 0 Å². The van der Waals surface area contributed by atoms with Crippen LogP contribution in [0.15, 0.2) is 59.5 Å². The third-order valence-electron chi connectivity index (χ3n) is 5.31. The normalized spacial score (nSPS) is 14.3. The van der Waals surface area contributed by atoms with Gasteiger partial charge in [-0.3, -0.25) is 9.59 Å². The first-order valence-electron chi connectivity index (χ1n) is 9.50. The fraction of sp³-hybridized carbons (Fsp3) is 0.273. The van der Waals surface area contributed by atoms with E-state index < -0.39 is 5.82 Å². The van der Waals surface area contributed by atoms with Crippen LogP contribution in [-0.2, 0) is 11.3 Å². The number of aromatic nitrogens is 1. The van der Waals surface area contributed by atoms with Crippen LogP contribution in [0.1, 0.15) is 0 Å². The SMILES string of the molecule is COc1ccc(N2CCN(C(=O)Cn3ccc(=O)c4cc(F)ccc43)CC2)cc1. The lowest BCUT2D eigenvalue weighted by Gasteiger charge is -2.36. The molecule has 0 atom stereocenters. The molecule has 1 fully saturated rings. The van der Waals surface area contributed by atoms with E-state index in [9.17, 15) is 14.0 Å². The highest BCUT2D eigenvalue weighted by atomic mass is 19.1. The van der Waals surface area contributed by atoms with Crippen LogP contribution in [-0.4, -0.2) is 48.7 Å². The zero-order valence-corrected chi connectivity index (χ0v) is 16.2. The van der Waals surface area contributed by atoms with E-state index in [1.165, 1.54) is 18.2 Å². The number of methoxy groups -OCH3 is 1. The average molecular weight is 395 g/mol. The number of benzene rings is 2. The van der Waals surface area contributed by atoms with Crippen LogP contribution in [0, 0.1) is 5.82 Å². The van der Waals surface area contributed by atoms with Crippen molar-refractivity contribution in [2.75, 3.05) is 38.2 Å². The first-order valence-corrected chi connectivity index (χ1v) is 9.50. The van der Waals surface area contributed by atoms with Crippen molar-refractivity contribution in [2.45, 2.75) is 6.54 Å². The van der Waals surface area contributed by atoms with Gasteiger partial charge in [0.1, 0.15) is 18.1 Å². The minimum absolute atomic E-state index is 0.0198. The Morgan fingerprint density at radius 2 is 1.76 bits per heavy atom. The van der Waals surface area contributed by atoms with Crippen LogP contribution in [0.2, 0.25) is 0 Å². The van der Waals surface area contributed by atoms with Crippen LogP contribution < -0.4 is 15.1 Å². The summed E-state index contributed by atoms with van der Waals surface area (Å²) >= 11 is 0. The summed E-state index contributed by atoms with van der Waals surface area (Å²) in [5.41, 5.74) is 1.41. The van der Waals surface area contributed by atoms with Gasteiger partial charge in [0.25, 0.3) is 0 Å². The Labute approximate surface area is 167 Å². The predicted octanol–water partition coefficient (Wildman–Crippen LogP) is 2.50. The van der Waals surface area contributed by atoms with Crippen LogP contribution in [0.5, 0.6) is 5.75 Å². The summed E-state index contributed by atoms with van der Waals surface area (Å²) < 4.78 is 20.4. The number of carbonyl (C=O) groups excluding carboxylic acids is 1. The molecule has 0 bridgehead atoms. The molecular formula is C22H22FN3O3. The van der Waals surface area contributed by atoms with E-state index in [2.05, 4.69) is 4.90 Å². The van der Waals surface area contributed by atoms with E-state index in [-0.39, 0.29) is 23.3 Å². The summed E-state index contributed by atoms with van der Waals surface area (Å²) in [5.74, 6) is 0.331. The second-order valence-electron chi connectivity index (χ2n) is 7.04. The number of pyridine rings is 1. The number of nitrogens with zero attached hydrogens (tertiary/aromatic N) is 3. The molecule has 4 rings (SSSR count). The number of piperazine rings is 1. The highest BCUT2D eigenvalue weighted by Gasteiger charge is 2.22. The molecule has 0 unspecified atom stereocenters. The Morgan fingerprint density at radius 3 is 2.45 bits per heavy atom. The number of amides is 1. The molecule has 7 heteroatoms. The third kappa shape index (κ3) is 3.94. The maximum absolute atomic E-state index is 13.5. The second kappa shape index (κ2) is 7.95. The minimum atomic E-state index is -0.465. The van der Waals surface area contributed by atoms with Gasteiger partial charge in [0.05, 0.1) is 12.6 Å². The molecule has 3 aromatic rings. The van der Waals surface area contributed by atoms with Crippen molar-refractivity contribution in [3.05, 3.63) is 70.8 Å². The highest BCUT2D eigenvalue weighted by molar-refractivity contribution is 5.82. The minimum Gasteiger partial charge on any atom is -0.497 e. The lowest BCUT2D eigenvalue weighted by Crippen LogP contribution is -2.49. The Kier molecular flexibility index (Phi) is 5.20. The van der Waals surface area contributed by atoms with Gasteiger partial charge in [-0.1, -0.05) is 0 Å². The maximum atomic E-state index is 13.5. The number of halogens is 1. The molecule has 0 aliphatic carbocycles. The van der Waals surface area contributed by atoms with Gasteiger partial charge in [-0.2, -0.15) is 0 Å². The molecular weight excluding hydrogens is 373 g/mol. The van der Waals surface area contributed by atoms with Crippen molar-refractivity contribution in [1.82, 2.24) is 9.47 Å². The van der Waals surface area contributed by atoms with E-state index in [1.807, 2.05) is 29.2 Å². The summed E-state index contributed by atoms with van der Waals surface area (Å²) in [5, 5.41) is 0.282. The molecule has 0 saturated carbocycles.